The molecule has 0 spiro atoms. The van der Waals surface area contributed by atoms with Gasteiger partial charge in [0, 0.05) is 44.6 Å². The van der Waals surface area contributed by atoms with Gasteiger partial charge in [-0.3, -0.25) is 0 Å². The molecule has 14 heteroatoms. The fraction of sp³-hybridized carbons (Fsp3) is 0.647. The maximum absolute atomic E-state index is 13.0. The van der Waals surface area contributed by atoms with E-state index in [2.05, 4.69) is 29.8 Å². The van der Waals surface area contributed by atoms with Crippen LogP contribution in [0.2, 0.25) is 0 Å². The van der Waals surface area contributed by atoms with E-state index in [1.165, 1.54) is 0 Å². The Bertz CT molecular complexity index is 1360. The first-order chi connectivity index (χ1) is 22.7. The molecule has 48 heavy (non-hydrogen) atoms. The molecule has 2 aromatic carbocycles. The number of methoxy groups -OCH3 is 2. The third kappa shape index (κ3) is 11.7. The number of hydrogen-bond acceptors (Lipinski definition) is 7. The highest BCUT2D eigenvalue weighted by atomic mass is 32.2. The van der Waals surface area contributed by atoms with Crippen molar-refractivity contribution in [1.82, 2.24) is 4.72 Å². The van der Waals surface area contributed by atoms with Crippen molar-refractivity contribution >= 4 is 10.0 Å². The van der Waals surface area contributed by atoms with Crippen molar-refractivity contribution in [2.24, 2.45) is 0 Å². The van der Waals surface area contributed by atoms with Gasteiger partial charge in [0.15, 0.2) is 13.6 Å². The minimum absolute atomic E-state index is 0.122. The van der Waals surface area contributed by atoms with E-state index in [0.717, 1.165) is 67.6 Å². The maximum Gasteiger partial charge on any atom is 0.453 e. The Morgan fingerprint density at radius 1 is 0.833 bits per heavy atom. The number of ether oxygens (including phenoxy) is 5. The normalized spacial score (nSPS) is 18.3. The summed E-state index contributed by atoms with van der Waals surface area (Å²) in [6.45, 7) is 3.17. The Morgan fingerprint density at radius 2 is 1.42 bits per heavy atom. The highest BCUT2D eigenvalue weighted by molar-refractivity contribution is 7.89. The quantitative estimate of drug-likeness (QED) is 0.0751. The number of unbranched alkanes of at least 4 members (excludes halogenated alkanes) is 6. The number of benzene rings is 2. The summed E-state index contributed by atoms with van der Waals surface area (Å²) in [6.07, 6.45) is -0.813. The number of hydrogen-bond donors (Lipinski definition) is 1. The molecule has 2 aromatic rings. The highest BCUT2D eigenvalue weighted by Gasteiger charge is 2.56. The van der Waals surface area contributed by atoms with Gasteiger partial charge in [0.1, 0.15) is 17.2 Å². The topological polar surface area (TPSA) is 92.3 Å². The summed E-state index contributed by atoms with van der Waals surface area (Å²) >= 11 is 0. The van der Waals surface area contributed by atoms with Crippen LogP contribution in [0.5, 0.6) is 17.2 Å². The Balaban J connectivity index is 1.46. The van der Waals surface area contributed by atoms with Crippen molar-refractivity contribution in [1.29, 1.82) is 0 Å². The summed E-state index contributed by atoms with van der Waals surface area (Å²) in [6, 6.07) is 14.0. The van der Waals surface area contributed by atoms with Crippen LogP contribution in [0.25, 0.3) is 0 Å². The zero-order valence-corrected chi connectivity index (χ0v) is 28.7. The number of fused-ring (bicyclic) bond motifs is 1. The zero-order chi connectivity index (χ0) is 35.3. The van der Waals surface area contributed by atoms with Gasteiger partial charge in [-0.15, -0.1) is 0 Å². The van der Waals surface area contributed by atoms with Crippen molar-refractivity contribution in [3.8, 4) is 17.2 Å². The van der Waals surface area contributed by atoms with Crippen LogP contribution < -0.4 is 18.9 Å². The molecule has 1 aliphatic rings. The van der Waals surface area contributed by atoms with Crippen LogP contribution >= 0.6 is 0 Å². The van der Waals surface area contributed by atoms with Gasteiger partial charge in [0.05, 0.1) is 12.4 Å². The van der Waals surface area contributed by atoms with Crippen molar-refractivity contribution in [3.05, 3.63) is 53.6 Å². The van der Waals surface area contributed by atoms with Gasteiger partial charge < -0.3 is 23.7 Å². The molecule has 272 valence electrons. The van der Waals surface area contributed by atoms with Crippen LogP contribution in [-0.4, -0.2) is 67.2 Å². The van der Waals surface area contributed by atoms with Gasteiger partial charge in [-0.1, -0.05) is 63.6 Å². The van der Waals surface area contributed by atoms with Gasteiger partial charge in [-0.05, 0) is 48.6 Å². The number of rotatable bonds is 22. The maximum atomic E-state index is 13.0. The molecule has 0 saturated carbocycles. The van der Waals surface area contributed by atoms with Crippen molar-refractivity contribution < 1.29 is 54.1 Å². The first kappa shape index (κ1) is 39.8. The molecule has 0 aromatic heterocycles. The second-order valence-corrected chi connectivity index (χ2v) is 14.3. The first-order valence-corrected chi connectivity index (χ1v) is 17.9. The predicted octanol–water partition coefficient (Wildman–Crippen LogP) is 8.10. The van der Waals surface area contributed by atoms with E-state index in [9.17, 15) is 30.4 Å². The fourth-order valence-corrected chi connectivity index (χ4v) is 7.04. The van der Waals surface area contributed by atoms with Crippen LogP contribution in [0.1, 0.15) is 88.2 Å². The standard InChI is InChI=1S/C34H48F5NO7S/c1-32(26-13-15-27(16-14-26)46-24-43-2)23-45-31-22-28(47-25-44-3)17-18-29(31)30(32)12-9-7-5-4-6-8-10-20-40-48(41,42)21-11-19-33(35,36)34(37,38)39/h13-18,22,30,40H,4-12,19-21,23-25H2,1-3H3. The first-order valence-electron chi connectivity index (χ1n) is 16.2. The van der Waals surface area contributed by atoms with Gasteiger partial charge in [-0.2, -0.15) is 22.0 Å². The smallest absolute Gasteiger partial charge is 0.453 e. The highest BCUT2D eigenvalue weighted by Crippen LogP contribution is 2.50. The number of sulfonamides is 1. The molecule has 2 atom stereocenters. The van der Waals surface area contributed by atoms with E-state index in [1.54, 1.807) is 14.2 Å². The molecule has 0 radical (unpaired) electrons. The summed E-state index contributed by atoms with van der Waals surface area (Å²) < 4.78 is 117. The van der Waals surface area contributed by atoms with Crippen molar-refractivity contribution in [3.63, 3.8) is 0 Å². The van der Waals surface area contributed by atoms with Crippen molar-refractivity contribution in [2.45, 2.75) is 94.6 Å². The van der Waals surface area contributed by atoms with Gasteiger partial charge in [0.2, 0.25) is 10.0 Å². The van der Waals surface area contributed by atoms with Crippen LogP contribution in [0.15, 0.2) is 42.5 Å². The molecule has 1 N–H and O–H groups in total. The van der Waals surface area contributed by atoms with E-state index in [-0.39, 0.29) is 31.5 Å². The van der Waals surface area contributed by atoms with Crippen molar-refractivity contribution in [2.75, 3.05) is 46.7 Å². The summed E-state index contributed by atoms with van der Waals surface area (Å²) in [5, 5.41) is 0. The average Bonchev–Trinajstić information content (AvgIpc) is 3.04. The molecule has 8 nitrogen and oxygen atoms in total. The molecule has 0 saturated heterocycles. The van der Waals surface area contributed by atoms with Crippen LogP contribution in [-0.2, 0) is 24.9 Å². The average molecular weight is 710 g/mol. The van der Waals surface area contributed by atoms with Gasteiger partial charge in [-0.25, -0.2) is 13.1 Å². The summed E-state index contributed by atoms with van der Waals surface area (Å²) in [5.41, 5.74) is 2.00. The largest absolute Gasteiger partial charge is 0.492 e. The molecule has 0 fully saturated rings. The predicted molar refractivity (Wildman–Crippen MR) is 172 cm³/mol. The second-order valence-electron chi connectivity index (χ2n) is 12.4. The van der Waals surface area contributed by atoms with Gasteiger partial charge >= 0.3 is 12.1 Å². The Kier molecular flexibility index (Phi) is 15.2. The van der Waals surface area contributed by atoms with E-state index in [0.29, 0.717) is 18.8 Å². The number of alkyl halides is 5. The molecule has 0 bridgehead atoms. The molecule has 0 amide bonds. The Morgan fingerprint density at radius 3 is 2.04 bits per heavy atom. The SMILES string of the molecule is COCOc1ccc(C2(C)COc3cc(OCOC)ccc3C2CCCCCCCCCNS(=O)(=O)CCCC(F)(F)C(F)(F)F)cc1. The molecule has 1 aliphatic heterocycles. The monoisotopic (exact) mass is 709 g/mol. The Labute approximate surface area is 280 Å². The lowest BCUT2D eigenvalue weighted by Gasteiger charge is -2.43. The molecule has 3 rings (SSSR count). The van der Waals surface area contributed by atoms with Crippen LogP contribution in [0, 0.1) is 0 Å². The number of halogens is 5. The van der Waals surface area contributed by atoms with E-state index < -0.39 is 40.7 Å². The van der Waals surface area contributed by atoms with E-state index >= 15 is 0 Å². The minimum Gasteiger partial charge on any atom is -0.492 e. The second kappa shape index (κ2) is 18.4. The van der Waals surface area contributed by atoms with Gasteiger partial charge in [0.25, 0.3) is 0 Å². The third-order valence-corrected chi connectivity index (χ3v) is 10.1. The zero-order valence-electron chi connectivity index (χ0n) is 27.9. The molecular weight excluding hydrogens is 661 g/mol. The fourth-order valence-electron chi connectivity index (χ4n) is 5.92. The lowest BCUT2D eigenvalue weighted by atomic mass is 9.66. The summed E-state index contributed by atoms with van der Waals surface area (Å²) in [7, 11) is -0.767. The summed E-state index contributed by atoms with van der Waals surface area (Å²) in [4.78, 5) is 0. The van der Waals surface area contributed by atoms with E-state index in [1.807, 2.05) is 24.3 Å². The third-order valence-electron chi connectivity index (χ3n) is 8.67. The summed E-state index contributed by atoms with van der Waals surface area (Å²) in [5.74, 6) is -3.27. The Hall–Kier alpha value is -2.68. The molecular formula is C34H48F5NO7S. The van der Waals surface area contributed by atoms with E-state index in [4.69, 9.17) is 23.7 Å². The van der Waals surface area contributed by atoms with Crippen LogP contribution in [0.3, 0.4) is 0 Å². The lowest BCUT2D eigenvalue weighted by Crippen LogP contribution is -2.40. The molecule has 0 aliphatic carbocycles. The van der Waals surface area contributed by atoms with Crippen LogP contribution in [0.4, 0.5) is 22.0 Å². The molecule has 1 heterocycles. The number of nitrogens with one attached hydrogen (secondary N) is 1. The lowest BCUT2D eigenvalue weighted by molar-refractivity contribution is -0.284. The minimum atomic E-state index is -5.68. The molecule has 2 unspecified atom stereocenters.